The van der Waals surface area contributed by atoms with Crippen LogP contribution >= 0.6 is 0 Å². The average Bonchev–Trinajstić information content (AvgIpc) is 3.20. The number of amides is 3. The van der Waals surface area contributed by atoms with Crippen LogP contribution in [0.25, 0.3) is 0 Å². The molecule has 1 atom stereocenters. The summed E-state index contributed by atoms with van der Waals surface area (Å²) in [5.74, 6) is -1.51. The molecule has 6 heteroatoms. The standard InChI is InChI=1S/C21H19FN2O3/c1-21(16-9-8-13-4-2-5-14(13)10-16)19(26)24(20(27)23-21)12-18(25)15-6-3-7-17(22)11-15/h3,6-11H,2,4-5,12H2,1H3,(H,23,27)/t21-/m0/s1. The van der Waals surface area contributed by atoms with Crippen molar-refractivity contribution in [1.82, 2.24) is 10.2 Å². The van der Waals surface area contributed by atoms with Gasteiger partial charge >= 0.3 is 6.03 Å². The first-order chi connectivity index (χ1) is 12.9. The molecule has 2 aromatic rings. The molecule has 1 aliphatic carbocycles. The van der Waals surface area contributed by atoms with E-state index in [0.29, 0.717) is 5.56 Å². The van der Waals surface area contributed by atoms with Gasteiger partial charge in [0.25, 0.3) is 5.91 Å². The Morgan fingerprint density at radius 3 is 2.70 bits per heavy atom. The SMILES string of the molecule is C[C@@]1(c2ccc3c(c2)CCC3)NC(=O)N(CC(=O)c2cccc(F)c2)C1=O. The van der Waals surface area contributed by atoms with Crippen LogP contribution in [0, 0.1) is 5.82 Å². The van der Waals surface area contributed by atoms with Crippen molar-refractivity contribution in [3.63, 3.8) is 0 Å². The van der Waals surface area contributed by atoms with Crippen molar-refractivity contribution in [3.8, 4) is 0 Å². The van der Waals surface area contributed by atoms with Gasteiger partial charge in [0.1, 0.15) is 11.4 Å². The maximum Gasteiger partial charge on any atom is 0.325 e. The quantitative estimate of drug-likeness (QED) is 0.668. The van der Waals surface area contributed by atoms with Gasteiger partial charge in [0.05, 0.1) is 6.54 Å². The van der Waals surface area contributed by atoms with E-state index in [4.69, 9.17) is 0 Å². The third kappa shape index (κ3) is 2.91. The summed E-state index contributed by atoms with van der Waals surface area (Å²) in [5.41, 5.74) is 2.10. The van der Waals surface area contributed by atoms with Crippen LogP contribution in [0.5, 0.6) is 0 Å². The Balaban J connectivity index is 1.59. The molecule has 1 heterocycles. The van der Waals surface area contributed by atoms with E-state index in [1.165, 1.54) is 29.3 Å². The molecule has 2 aliphatic rings. The number of carbonyl (C=O) groups excluding carboxylic acids is 3. The Bertz CT molecular complexity index is 972. The van der Waals surface area contributed by atoms with Crippen LogP contribution in [-0.2, 0) is 23.2 Å². The highest BCUT2D eigenvalue weighted by molar-refractivity contribution is 6.11. The molecule has 1 aliphatic heterocycles. The number of fused-ring (bicyclic) bond motifs is 1. The molecule has 0 bridgehead atoms. The molecule has 1 N–H and O–H groups in total. The number of nitrogens with one attached hydrogen (secondary N) is 1. The van der Waals surface area contributed by atoms with Crippen LogP contribution in [0.15, 0.2) is 42.5 Å². The Hall–Kier alpha value is -3.02. The van der Waals surface area contributed by atoms with Gasteiger partial charge in [-0.15, -0.1) is 0 Å². The predicted molar refractivity (Wildman–Crippen MR) is 96.8 cm³/mol. The summed E-state index contributed by atoms with van der Waals surface area (Å²) in [4.78, 5) is 38.7. The second kappa shape index (κ2) is 6.30. The van der Waals surface area contributed by atoms with Gasteiger partial charge in [-0.05, 0) is 55.0 Å². The second-order valence-corrected chi connectivity index (χ2v) is 7.22. The molecule has 1 fully saturated rings. The van der Waals surface area contributed by atoms with Crippen molar-refractivity contribution < 1.29 is 18.8 Å². The number of imide groups is 1. The number of halogens is 1. The van der Waals surface area contributed by atoms with Gasteiger partial charge in [-0.3, -0.25) is 14.5 Å². The number of hydrogen-bond acceptors (Lipinski definition) is 3. The summed E-state index contributed by atoms with van der Waals surface area (Å²) in [6, 6.07) is 10.4. The molecule has 138 valence electrons. The zero-order valence-electron chi connectivity index (χ0n) is 14.9. The summed E-state index contributed by atoms with van der Waals surface area (Å²) < 4.78 is 13.3. The molecule has 27 heavy (non-hydrogen) atoms. The lowest BCUT2D eigenvalue weighted by Crippen LogP contribution is -2.41. The van der Waals surface area contributed by atoms with Gasteiger partial charge in [0.2, 0.25) is 0 Å². The second-order valence-electron chi connectivity index (χ2n) is 7.22. The molecule has 2 aromatic carbocycles. The largest absolute Gasteiger partial charge is 0.325 e. The van der Waals surface area contributed by atoms with E-state index in [1.54, 1.807) is 6.92 Å². The van der Waals surface area contributed by atoms with E-state index in [-0.39, 0.29) is 5.56 Å². The highest BCUT2D eigenvalue weighted by Crippen LogP contribution is 2.32. The van der Waals surface area contributed by atoms with E-state index in [9.17, 15) is 18.8 Å². The number of carbonyl (C=O) groups is 3. The van der Waals surface area contributed by atoms with E-state index in [0.717, 1.165) is 30.2 Å². The molecule has 0 radical (unpaired) electrons. The van der Waals surface area contributed by atoms with E-state index in [1.807, 2.05) is 18.2 Å². The summed E-state index contributed by atoms with van der Waals surface area (Å²) in [7, 11) is 0. The molecule has 0 aromatic heterocycles. The van der Waals surface area contributed by atoms with Crippen molar-refractivity contribution in [1.29, 1.82) is 0 Å². The summed E-state index contributed by atoms with van der Waals surface area (Å²) in [5, 5.41) is 2.72. The molecule has 5 nitrogen and oxygen atoms in total. The molecule has 3 amide bonds. The third-order valence-corrected chi connectivity index (χ3v) is 5.40. The molecule has 0 saturated carbocycles. The zero-order chi connectivity index (χ0) is 19.2. The van der Waals surface area contributed by atoms with Crippen LogP contribution in [-0.4, -0.2) is 29.2 Å². The molecule has 0 unspecified atom stereocenters. The minimum Gasteiger partial charge on any atom is -0.319 e. The third-order valence-electron chi connectivity index (χ3n) is 5.40. The van der Waals surface area contributed by atoms with Crippen molar-refractivity contribution in [2.24, 2.45) is 0 Å². The number of rotatable bonds is 4. The van der Waals surface area contributed by atoms with Crippen LogP contribution in [0.4, 0.5) is 9.18 Å². The Labute approximate surface area is 156 Å². The Morgan fingerprint density at radius 2 is 1.93 bits per heavy atom. The lowest BCUT2D eigenvalue weighted by atomic mass is 9.89. The van der Waals surface area contributed by atoms with Gasteiger partial charge < -0.3 is 5.32 Å². The zero-order valence-corrected chi connectivity index (χ0v) is 14.9. The highest BCUT2D eigenvalue weighted by Gasteiger charge is 2.49. The van der Waals surface area contributed by atoms with Gasteiger partial charge in [0.15, 0.2) is 5.78 Å². The van der Waals surface area contributed by atoms with Crippen LogP contribution < -0.4 is 5.32 Å². The maximum absolute atomic E-state index is 13.3. The number of Topliss-reactive ketones (excluding diaryl/α,β-unsaturated/α-hetero) is 1. The fraction of sp³-hybridized carbons (Fsp3) is 0.286. The van der Waals surface area contributed by atoms with E-state index < -0.39 is 35.6 Å². The summed E-state index contributed by atoms with van der Waals surface area (Å²) in [6.07, 6.45) is 3.08. The van der Waals surface area contributed by atoms with E-state index >= 15 is 0 Å². The highest BCUT2D eigenvalue weighted by atomic mass is 19.1. The van der Waals surface area contributed by atoms with Gasteiger partial charge in [-0.25, -0.2) is 9.18 Å². The van der Waals surface area contributed by atoms with Crippen LogP contribution in [0.1, 0.15) is 40.4 Å². The maximum atomic E-state index is 13.3. The first kappa shape index (κ1) is 17.4. The topological polar surface area (TPSA) is 66.5 Å². The van der Waals surface area contributed by atoms with Crippen molar-refractivity contribution >= 4 is 17.7 Å². The summed E-state index contributed by atoms with van der Waals surface area (Å²) >= 11 is 0. The number of urea groups is 1. The van der Waals surface area contributed by atoms with Crippen molar-refractivity contribution in [2.75, 3.05) is 6.54 Å². The molecular formula is C21H19FN2O3. The molecule has 4 rings (SSSR count). The number of nitrogens with zero attached hydrogens (tertiary/aromatic N) is 1. The van der Waals surface area contributed by atoms with Crippen LogP contribution in [0.2, 0.25) is 0 Å². The fourth-order valence-corrected chi connectivity index (χ4v) is 3.82. The smallest absolute Gasteiger partial charge is 0.319 e. The van der Waals surface area contributed by atoms with Crippen molar-refractivity contribution in [2.45, 2.75) is 31.7 Å². The minimum atomic E-state index is -1.21. The molecular weight excluding hydrogens is 347 g/mol. The number of ketones is 1. The normalized spacial score (nSPS) is 21.3. The lowest BCUT2D eigenvalue weighted by Gasteiger charge is -2.23. The Kier molecular flexibility index (Phi) is 4.06. The lowest BCUT2D eigenvalue weighted by molar-refractivity contribution is -0.130. The monoisotopic (exact) mass is 366 g/mol. The summed E-state index contributed by atoms with van der Waals surface area (Å²) in [6.45, 7) is 1.23. The average molecular weight is 366 g/mol. The predicted octanol–water partition coefficient (Wildman–Crippen LogP) is 2.96. The van der Waals surface area contributed by atoms with Crippen molar-refractivity contribution in [3.05, 3.63) is 70.5 Å². The number of aryl methyl sites for hydroxylation is 2. The van der Waals surface area contributed by atoms with Gasteiger partial charge in [0, 0.05) is 5.56 Å². The van der Waals surface area contributed by atoms with Gasteiger partial charge in [-0.2, -0.15) is 0 Å². The first-order valence-electron chi connectivity index (χ1n) is 8.93. The van der Waals surface area contributed by atoms with E-state index in [2.05, 4.69) is 5.32 Å². The van der Waals surface area contributed by atoms with Gasteiger partial charge in [-0.1, -0.05) is 30.3 Å². The fourth-order valence-electron chi connectivity index (χ4n) is 3.82. The first-order valence-corrected chi connectivity index (χ1v) is 8.93. The molecule has 0 spiro atoms. The Morgan fingerprint density at radius 1 is 1.15 bits per heavy atom. The molecule has 1 saturated heterocycles. The minimum absolute atomic E-state index is 0.127. The number of benzene rings is 2. The van der Waals surface area contributed by atoms with Crippen LogP contribution in [0.3, 0.4) is 0 Å². The number of hydrogen-bond donors (Lipinski definition) is 1.